The normalized spacial score (nSPS) is 9.50. The molecular weight excluding hydrogens is 268 g/mol. The highest BCUT2D eigenvalue weighted by atomic mass is 32.2. The Bertz CT molecular complexity index is 501. The molecule has 0 fully saturated rings. The fourth-order valence-corrected chi connectivity index (χ4v) is 2.99. The number of hydrogen-bond acceptors (Lipinski definition) is 6. The van der Waals surface area contributed by atoms with E-state index in [1.165, 1.54) is 23.5 Å². The van der Waals surface area contributed by atoms with Gasteiger partial charge in [0.1, 0.15) is 5.69 Å². The second-order valence-corrected chi connectivity index (χ2v) is 4.89. The smallest absolute Gasteiger partial charge is 0.211 e. The van der Waals surface area contributed by atoms with Crippen LogP contribution in [0.3, 0.4) is 0 Å². The topological polar surface area (TPSA) is 58.9 Å². The zero-order valence-electron chi connectivity index (χ0n) is 10.3. The maximum absolute atomic E-state index is 10.5. The summed E-state index contributed by atoms with van der Waals surface area (Å²) in [5.41, 5.74) is 2.01. The lowest BCUT2D eigenvalue weighted by atomic mass is 10.1. The number of carbonyl (C=O) groups excluding carboxylic acids is 2. The molecule has 1 aromatic rings. The molecule has 0 aliphatic rings. The van der Waals surface area contributed by atoms with Crippen LogP contribution >= 0.6 is 23.5 Å². The first-order valence-electron chi connectivity index (χ1n) is 5.17. The Kier molecular flexibility index (Phi) is 5.89. The highest BCUT2D eigenvalue weighted by molar-refractivity contribution is 7.99. The number of aliphatic imine (C=N–C) groups is 2. The quantitative estimate of drug-likeness (QED) is 0.469. The number of aryl methyl sites for hydroxylation is 1. The summed E-state index contributed by atoms with van der Waals surface area (Å²) in [5, 5.41) is 0. The van der Waals surface area contributed by atoms with Crippen molar-refractivity contribution in [2.24, 2.45) is 9.98 Å². The minimum absolute atomic E-state index is 0.524. The largest absolute Gasteiger partial charge is 0.240 e. The number of nitrogens with zero attached hydrogens (tertiary/aromatic N) is 2. The van der Waals surface area contributed by atoms with E-state index in [0.29, 0.717) is 16.3 Å². The molecule has 1 rings (SSSR count). The maximum Gasteiger partial charge on any atom is 0.240 e. The number of rotatable bonds is 5. The first kappa shape index (κ1) is 14.7. The number of hydrogen-bond donors (Lipinski definition) is 0. The molecule has 0 N–H and O–H groups in total. The van der Waals surface area contributed by atoms with E-state index < -0.39 is 0 Å². The van der Waals surface area contributed by atoms with Crippen LogP contribution in [0, 0.1) is 0 Å². The van der Waals surface area contributed by atoms with Crippen molar-refractivity contribution in [3.8, 4) is 0 Å². The fourth-order valence-electron chi connectivity index (χ4n) is 1.60. The van der Waals surface area contributed by atoms with Crippen molar-refractivity contribution in [2.75, 3.05) is 12.5 Å². The summed E-state index contributed by atoms with van der Waals surface area (Å²) in [6.07, 6.45) is 7.61. The van der Waals surface area contributed by atoms with E-state index in [0.717, 1.165) is 16.9 Å². The molecule has 0 aliphatic carbocycles. The minimum atomic E-state index is 0.524. The van der Waals surface area contributed by atoms with Crippen LogP contribution in [0.4, 0.5) is 11.4 Å². The first-order valence-corrected chi connectivity index (χ1v) is 7.61. The number of benzene rings is 1. The van der Waals surface area contributed by atoms with E-state index in [-0.39, 0.29) is 0 Å². The highest BCUT2D eigenvalue weighted by Crippen LogP contribution is 2.45. The van der Waals surface area contributed by atoms with Crippen molar-refractivity contribution >= 4 is 47.1 Å². The van der Waals surface area contributed by atoms with Gasteiger partial charge < -0.3 is 0 Å². The molecule has 0 saturated heterocycles. The molecule has 0 atom stereocenters. The summed E-state index contributed by atoms with van der Waals surface area (Å²) in [5.74, 6) is 0. The van der Waals surface area contributed by atoms with Crippen molar-refractivity contribution in [2.45, 2.75) is 23.1 Å². The molecule has 0 bridgehead atoms. The van der Waals surface area contributed by atoms with Crippen LogP contribution in [0.5, 0.6) is 0 Å². The Morgan fingerprint density at radius 1 is 1.11 bits per heavy atom. The summed E-state index contributed by atoms with van der Waals surface area (Å²) in [4.78, 5) is 30.1. The predicted octanol–water partition coefficient (Wildman–Crippen LogP) is 3.63. The molecule has 94 valence electrons. The fraction of sp³-hybridized carbons (Fsp3) is 0.333. The van der Waals surface area contributed by atoms with Crippen LogP contribution in [-0.2, 0) is 16.0 Å². The van der Waals surface area contributed by atoms with Gasteiger partial charge in [0.05, 0.1) is 10.6 Å². The monoisotopic (exact) mass is 280 g/mol. The van der Waals surface area contributed by atoms with Crippen molar-refractivity contribution in [3.05, 3.63) is 11.6 Å². The second kappa shape index (κ2) is 7.19. The van der Waals surface area contributed by atoms with E-state index in [1.807, 2.05) is 25.5 Å². The zero-order valence-corrected chi connectivity index (χ0v) is 11.9. The summed E-state index contributed by atoms with van der Waals surface area (Å²) in [6, 6.07) is 1.90. The van der Waals surface area contributed by atoms with Crippen molar-refractivity contribution in [1.82, 2.24) is 0 Å². The average molecular weight is 280 g/mol. The third-order valence-electron chi connectivity index (χ3n) is 2.39. The predicted molar refractivity (Wildman–Crippen MR) is 74.9 cm³/mol. The lowest BCUT2D eigenvalue weighted by Crippen LogP contribution is -1.88. The number of thioether (sulfide) groups is 2. The zero-order chi connectivity index (χ0) is 13.5. The van der Waals surface area contributed by atoms with E-state index in [9.17, 15) is 9.59 Å². The molecule has 4 nitrogen and oxygen atoms in total. The van der Waals surface area contributed by atoms with Gasteiger partial charge in [-0.3, -0.25) is 0 Å². The van der Waals surface area contributed by atoms with Gasteiger partial charge >= 0.3 is 0 Å². The molecule has 6 heteroatoms. The van der Waals surface area contributed by atoms with Crippen LogP contribution in [0.1, 0.15) is 12.5 Å². The van der Waals surface area contributed by atoms with Gasteiger partial charge in [0.15, 0.2) is 0 Å². The van der Waals surface area contributed by atoms with E-state index >= 15 is 0 Å². The van der Waals surface area contributed by atoms with E-state index in [4.69, 9.17) is 0 Å². The molecule has 0 unspecified atom stereocenters. The highest BCUT2D eigenvalue weighted by Gasteiger charge is 2.16. The molecule has 0 aromatic heterocycles. The van der Waals surface area contributed by atoms with Crippen LogP contribution in [0.15, 0.2) is 25.8 Å². The average Bonchev–Trinajstić information content (AvgIpc) is 2.40. The van der Waals surface area contributed by atoms with Crippen LogP contribution < -0.4 is 0 Å². The third kappa shape index (κ3) is 2.92. The molecule has 1 aromatic carbocycles. The first-order chi connectivity index (χ1) is 8.73. The summed E-state index contributed by atoms with van der Waals surface area (Å²) in [6.45, 7) is 1.98. The lowest BCUT2D eigenvalue weighted by Gasteiger charge is -2.13. The Labute approximate surface area is 114 Å². The standard InChI is InChI=1S/C12H12N2O2S2/c1-4-8-5-9(17-2)11(14-7-16)12(18-3)10(8)13-6-15/h5H,4H2,1-3H3. The van der Waals surface area contributed by atoms with Gasteiger partial charge in [0.25, 0.3) is 0 Å². The second-order valence-electron chi connectivity index (χ2n) is 3.23. The van der Waals surface area contributed by atoms with Crippen molar-refractivity contribution < 1.29 is 9.59 Å². The van der Waals surface area contributed by atoms with Gasteiger partial charge in [-0.25, -0.2) is 9.59 Å². The van der Waals surface area contributed by atoms with Gasteiger partial charge in [-0.05, 0) is 30.6 Å². The Balaban J connectivity index is 3.73. The molecule has 0 radical (unpaired) electrons. The Morgan fingerprint density at radius 3 is 2.17 bits per heavy atom. The SMILES string of the molecule is CCc1cc(SC)c(N=C=O)c(SC)c1N=C=O. The Hall–Kier alpha value is -1.32. The van der Waals surface area contributed by atoms with Crippen LogP contribution in [-0.4, -0.2) is 24.7 Å². The molecular formula is C12H12N2O2S2. The third-order valence-corrected chi connectivity index (χ3v) is 3.94. The molecule has 0 aliphatic heterocycles. The summed E-state index contributed by atoms with van der Waals surface area (Å²) >= 11 is 2.90. The van der Waals surface area contributed by atoms with E-state index in [2.05, 4.69) is 9.98 Å². The van der Waals surface area contributed by atoms with Gasteiger partial charge in [-0.2, -0.15) is 9.98 Å². The Morgan fingerprint density at radius 2 is 1.72 bits per heavy atom. The van der Waals surface area contributed by atoms with Crippen molar-refractivity contribution in [1.29, 1.82) is 0 Å². The van der Waals surface area contributed by atoms with Gasteiger partial charge in [0, 0.05) is 4.90 Å². The maximum atomic E-state index is 10.5. The molecule has 18 heavy (non-hydrogen) atoms. The van der Waals surface area contributed by atoms with Crippen molar-refractivity contribution in [3.63, 3.8) is 0 Å². The minimum Gasteiger partial charge on any atom is -0.211 e. The summed E-state index contributed by atoms with van der Waals surface area (Å²) < 4.78 is 0. The lowest BCUT2D eigenvalue weighted by molar-refractivity contribution is 0.564. The van der Waals surface area contributed by atoms with Crippen LogP contribution in [0.25, 0.3) is 0 Å². The summed E-state index contributed by atoms with van der Waals surface area (Å²) in [7, 11) is 0. The molecule has 0 saturated carbocycles. The molecule has 0 spiro atoms. The molecule has 0 amide bonds. The van der Waals surface area contributed by atoms with Gasteiger partial charge in [-0.15, -0.1) is 23.5 Å². The van der Waals surface area contributed by atoms with Gasteiger partial charge in [0.2, 0.25) is 12.2 Å². The van der Waals surface area contributed by atoms with Gasteiger partial charge in [-0.1, -0.05) is 6.92 Å². The molecule has 0 heterocycles. The van der Waals surface area contributed by atoms with Crippen LogP contribution in [0.2, 0.25) is 0 Å². The number of isocyanates is 2. The van der Waals surface area contributed by atoms with E-state index in [1.54, 1.807) is 12.2 Å².